The van der Waals surface area contributed by atoms with E-state index in [0.717, 1.165) is 5.75 Å². The van der Waals surface area contributed by atoms with Crippen molar-refractivity contribution in [3.8, 4) is 17.4 Å². The zero-order valence-corrected chi connectivity index (χ0v) is 10.9. The lowest BCUT2D eigenvalue weighted by Crippen LogP contribution is -2.05. The molecule has 0 aliphatic heterocycles. The van der Waals surface area contributed by atoms with Gasteiger partial charge in [-0.2, -0.15) is 0 Å². The molecule has 1 aromatic carbocycles. The molecular weight excluding hydrogens is 252 g/mol. The standard InChI is InChI=1S/C13H13ClN2O2/c1-9(2)17-10-3-5-11(6-4-10)18-13-12(14)7-15-8-16-13/h3-9H,1-2H3. The lowest BCUT2D eigenvalue weighted by molar-refractivity contribution is 0.242. The van der Waals surface area contributed by atoms with Crippen molar-refractivity contribution >= 4 is 11.6 Å². The summed E-state index contributed by atoms with van der Waals surface area (Å²) in [5.41, 5.74) is 0. The molecule has 4 nitrogen and oxygen atoms in total. The molecular formula is C13H13ClN2O2. The van der Waals surface area contributed by atoms with Crippen LogP contribution in [0.4, 0.5) is 0 Å². The molecule has 1 aromatic heterocycles. The van der Waals surface area contributed by atoms with E-state index in [1.165, 1.54) is 12.5 Å². The predicted octanol–water partition coefficient (Wildman–Crippen LogP) is 3.71. The highest BCUT2D eigenvalue weighted by Gasteiger charge is 2.04. The summed E-state index contributed by atoms with van der Waals surface area (Å²) in [6.07, 6.45) is 3.02. The number of aromatic nitrogens is 2. The van der Waals surface area contributed by atoms with E-state index in [9.17, 15) is 0 Å². The van der Waals surface area contributed by atoms with Gasteiger partial charge in [-0.1, -0.05) is 11.6 Å². The van der Waals surface area contributed by atoms with E-state index in [-0.39, 0.29) is 6.10 Å². The van der Waals surface area contributed by atoms with Crippen LogP contribution in [0.3, 0.4) is 0 Å². The molecule has 0 saturated carbocycles. The number of benzene rings is 1. The second kappa shape index (κ2) is 5.69. The van der Waals surface area contributed by atoms with E-state index in [4.69, 9.17) is 21.1 Å². The van der Waals surface area contributed by atoms with E-state index in [2.05, 4.69) is 9.97 Å². The number of hydrogen-bond donors (Lipinski definition) is 0. The van der Waals surface area contributed by atoms with Gasteiger partial charge in [-0.3, -0.25) is 0 Å². The lowest BCUT2D eigenvalue weighted by atomic mass is 10.3. The normalized spacial score (nSPS) is 10.4. The van der Waals surface area contributed by atoms with Crippen molar-refractivity contribution in [3.63, 3.8) is 0 Å². The fraction of sp³-hybridized carbons (Fsp3) is 0.231. The highest BCUT2D eigenvalue weighted by molar-refractivity contribution is 6.31. The van der Waals surface area contributed by atoms with Crippen LogP contribution in [0.5, 0.6) is 17.4 Å². The van der Waals surface area contributed by atoms with E-state index in [0.29, 0.717) is 16.7 Å². The minimum atomic E-state index is 0.146. The molecule has 2 rings (SSSR count). The zero-order chi connectivity index (χ0) is 13.0. The summed E-state index contributed by atoms with van der Waals surface area (Å²) in [7, 11) is 0. The highest BCUT2D eigenvalue weighted by atomic mass is 35.5. The minimum Gasteiger partial charge on any atom is -0.491 e. The fourth-order valence-corrected chi connectivity index (χ4v) is 1.49. The van der Waals surface area contributed by atoms with Crippen LogP contribution in [-0.2, 0) is 0 Å². The molecule has 0 aliphatic carbocycles. The molecule has 5 heteroatoms. The Kier molecular flexibility index (Phi) is 3.99. The van der Waals surface area contributed by atoms with Crippen molar-refractivity contribution in [2.75, 3.05) is 0 Å². The van der Waals surface area contributed by atoms with E-state index in [1.807, 2.05) is 26.0 Å². The van der Waals surface area contributed by atoms with Gasteiger partial charge in [0.15, 0.2) is 0 Å². The van der Waals surface area contributed by atoms with Crippen LogP contribution in [0.2, 0.25) is 5.02 Å². The quantitative estimate of drug-likeness (QED) is 0.844. The Bertz CT molecular complexity index is 515. The zero-order valence-electron chi connectivity index (χ0n) is 10.1. The number of nitrogens with zero attached hydrogens (tertiary/aromatic N) is 2. The van der Waals surface area contributed by atoms with Crippen LogP contribution in [0.15, 0.2) is 36.8 Å². The fourth-order valence-electron chi connectivity index (χ4n) is 1.35. The van der Waals surface area contributed by atoms with Crippen LogP contribution < -0.4 is 9.47 Å². The maximum Gasteiger partial charge on any atom is 0.241 e. The summed E-state index contributed by atoms with van der Waals surface area (Å²) in [5, 5.41) is 0.375. The van der Waals surface area contributed by atoms with Crippen molar-refractivity contribution in [2.45, 2.75) is 20.0 Å². The van der Waals surface area contributed by atoms with Gasteiger partial charge in [0, 0.05) is 0 Å². The molecule has 0 bridgehead atoms. The van der Waals surface area contributed by atoms with Gasteiger partial charge in [-0.05, 0) is 38.1 Å². The number of ether oxygens (including phenoxy) is 2. The van der Waals surface area contributed by atoms with Crippen molar-refractivity contribution < 1.29 is 9.47 Å². The summed E-state index contributed by atoms with van der Waals surface area (Å²) in [6.45, 7) is 3.95. The summed E-state index contributed by atoms with van der Waals surface area (Å²) in [4.78, 5) is 7.74. The summed E-state index contributed by atoms with van der Waals surface area (Å²) in [5.74, 6) is 1.78. The maximum absolute atomic E-state index is 5.90. The molecule has 2 aromatic rings. The largest absolute Gasteiger partial charge is 0.491 e. The first-order chi connectivity index (χ1) is 8.65. The second-order valence-corrected chi connectivity index (χ2v) is 4.32. The number of rotatable bonds is 4. The van der Waals surface area contributed by atoms with Gasteiger partial charge in [-0.25, -0.2) is 9.97 Å². The Morgan fingerprint density at radius 3 is 2.39 bits per heavy atom. The third-order valence-electron chi connectivity index (χ3n) is 2.04. The first-order valence-corrected chi connectivity index (χ1v) is 5.93. The van der Waals surface area contributed by atoms with Crippen LogP contribution in [0.1, 0.15) is 13.8 Å². The Morgan fingerprint density at radius 1 is 1.11 bits per heavy atom. The molecule has 18 heavy (non-hydrogen) atoms. The first kappa shape index (κ1) is 12.6. The third-order valence-corrected chi connectivity index (χ3v) is 2.30. The second-order valence-electron chi connectivity index (χ2n) is 3.92. The van der Waals surface area contributed by atoms with Crippen molar-refractivity contribution in [1.82, 2.24) is 9.97 Å². The minimum absolute atomic E-state index is 0.146. The molecule has 0 amide bonds. The smallest absolute Gasteiger partial charge is 0.241 e. The molecule has 0 aliphatic rings. The third kappa shape index (κ3) is 3.34. The molecule has 0 saturated heterocycles. The van der Waals surface area contributed by atoms with E-state index in [1.54, 1.807) is 12.1 Å². The van der Waals surface area contributed by atoms with Gasteiger partial charge in [-0.15, -0.1) is 0 Å². The SMILES string of the molecule is CC(C)Oc1ccc(Oc2ncncc2Cl)cc1. The van der Waals surface area contributed by atoms with E-state index < -0.39 is 0 Å². The van der Waals surface area contributed by atoms with Gasteiger partial charge in [0.1, 0.15) is 22.8 Å². The molecule has 0 N–H and O–H groups in total. The average molecular weight is 265 g/mol. The number of halogens is 1. The van der Waals surface area contributed by atoms with E-state index >= 15 is 0 Å². The molecule has 0 unspecified atom stereocenters. The van der Waals surface area contributed by atoms with Gasteiger partial charge >= 0.3 is 0 Å². The highest BCUT2D eigenvalue weighted by Crippen LogP contribution is 2.27. The summed E-state index contributed by atoms with van der Waals surface area (Å²) in [6, 6.07) is 7.28. The first-order valence-electron chi connectivity index (χ1n) is 5.55. The molecule has 0 fully saturated rings. The molecule has 0 atom stereocenters. The van der Waals surface area contributed by atoms with Crippen LogP contribution >= 0.6 is 11.6 Å². The lowest BCUT2D eigenvalue weighted by Gasteiger charge is -2.10. The predicted molar refractivity (Wildman–Crippen MR) is 69.3 cm³/mol. The average Bonchev–Trinajstić information content (AvgIpc) is 2.34. The van der Waals surface area contributed by atoms with Gasteiger partial charge in [0.25, 0.3) is 0 Å². The van der Waals surface area contributed by atoms with Gasteiger partial charge in [0.2, 0.25) is 5.88 Å². The monoisotopic (exact) mass is 264 g/mol. The Morgan fingerprint density at radius 2 is 1.78 bits per heavy atom. The molecule has 94 valence electrons. The van der Waals surface area contributed by atoms with Gasteiger partial charge < -0.3 is 9.47 Å². The van der Waals surface area contributed by atoms with Crippen LogP contribution in [-0.4, -0.2) is 16.1 Å². The topological polar surface area (TPSA) is 44.2 Å². The summed E-state index contributed by atoms with van der Waals surface area (Å²) >= 11 is 5.90. The molecule has 0 spiro atoms. The summed E-state index contributed by atoms with van der Waals surface area (Å²) < 4.78 is 11.1. The molecule has 1 heterocycles. The molecule has 0 radical (unpaired) electrons. The van der Waals surface area contributed by atoms with Crippen molar-refractivity contribution in [3.05, 3.63) is 41.8 Å². The van der Waals surface area contributed by atoms with Crippen molar-refractivity contribution in [2.24, 2.45) is 0 Å². The Balaban J connectivity index is 2.09. The Labute approximate surface area is 111 Å². The van der Waals surface area contributed by atoms with Crippen LogP contribution in [0, 0.1) is 0 Å². The maximum atomic E-state index is 5.90. The van der Waals surface area contributed by atoms with Gasteiger partial charge in [0.05, 0.1) is 12.3 Å². The van der Waals surface area contributed by atoms with Crippen LogP contribution in [0.25, 0.3) is 0 Å². The number of hydrogen-bond acceptors (Lipinski definition) is 4. The van der Waals surface area contributed by atoms with Crippen molar-refractivity contribution in [1.29, 1.82) is 0 Å². The Hall–Kier alpha value is -1.81.